The zero-order valence-electron chi connectivity index (χ0n) is 19.7. The number of hydrogen-bond donors (Lipinski definition) is 1. The summed E-state index contributed by atoms with van der Waals surface area (Å²) in [6.45, 7) is 16.4. The lowest BCUT2D eigenvalue weighted by Gasteiger charge is -2.37. The summed E-state index contributed by atoms with van der Waals surface area (Å²) in [5.41, 5.74) is 1.16. The van der Waals surface area contributed by atoms with Crippen LogP contribution < -0.4 is 0 Å². The van der Waals surface area contributed by atoms with Gasteiger partial charge in [-0.25, -0.2) is 0 Å². The van der Waals surface area contributed by atoms with E-state index in [0.29, 0.717) is 19.8 Å². The third-order valence-electron chi connectivity index (χ3n) is 5.85. The second-order valence-corrected chi connectivity index (χ2v) is 14.8. The van der Waals surface area contributed by atoms with Gasteiger partial charge in [0, 0.05) is 0 Å². The van der Waals surface area contributed by atoms with Gasteiger partial charge < -0.3 is 23.7 Å². The first-order chi connectivity index (χ1) is 13.9. The summed E-state index contributed by atoms with van der Waals surface area (Å²) in [7, 11) is -1.90. The van der Waals surface area contributed by atoms with E-state index >= 15 is 0 Å². The SMILES string of the molecule is CC1(C)OC(CO[Si](C)(C)C(C)(C)C)[C@H]([C@@H](O)C=CCCOCc2ccccc2)O1. The van der Waals surface area contributed by atoms with Gasteiger partial charge in [-0.05, 0) is 44.0 Å². The zero-order chi connectivity index (χ0) is 22.4. The number of ether oxygens (including phenoxy) is 3. The summed E-state index contributed by atoms with van der Waals surface area (Å²) in [6.07, 6.45) is 2.94. The quantitative estimate of drug-likeness (QED) is 0.316. The van der Waals surface area contributed by atoms with Gasteiger partial charge in [-0.3, -0.25) is 0 Å². The van der Waals surface area contributed by atoms with Gasteiger partial charge in [-0.1, -0.05) is 63.3 Å². The van der Waals surface area contributed by atoms with Crippen molar-refractivity contribution in [1.29, 1.82) is 0 Å². The fourth-order valence-electron chi connectivity index (χ4n) is 3.05. The summed E-state index contributed by atoms with van der Waals surface area (Å²) in [5, 5.41) is 10.8. The van der Waals surface area contributed by atoms with Crippen LogP contribution in [0, 0.1) is 0 Å². The summed E-state index contributed by atoms with van der Waals surface area (Å²) in [5.74, 6) is -0.736. The Labute approximate surface area is 183 Å². The summed E-state index contributed by atoms with van der Waals surface area (Å²) in [4.78, 5) is 0. The Balaban J connectivity index is 1.82. The smallest absolute Gasteiger partial charge is 0.192 e. The standard InChI is InChI=1S/C24H40O5Si/c1-23(2,3)30(6,7)27-18-21-22(29-24(4,5)28-21)20(25)15-11-12-16-26-17-19-13-9-8-10-14-19/h8-11,13-15,20-22,25H,12,16-18H2,1-7H3/t20-,21?,22-/m0/s1. The number of hydrogen-bond acceptors (Lipinski definition) is 5. The van der Waals surface area contributed by atoms with E-state index in [4.69, 9.17) is 18.6 Å². The highest BCUT2D eigenvalue weighted by Gasteiger charge is 2.46. The molecule has 1 aliphatic rings. The molecule has 1 fully saturated rings. The normalized spacial score (nSPS) is 23.2. The van der Waals surface area contributed by atoms with Crippen LogP contribution in [0.3, 0.4) is 0 Å². The Bertz CT molecular complexity index is 666. The third kappa shape index (κ3) is 7.59. The van der Waals surface area contributed by atoms with Crippen molar-refractivity contribution >= 4 is 8.32 Å². The molecule has 1 unspecified atom stereocenters. The highest BCUT2D eigenvalue weighted by molar-refractivity contribution is 6.74. The minimum atomic E-state index is -1.90. The molecular weight excluding hydrogens is 396 g/mol. The van der Waals surface area contributed by atoms with Crippen molar-refractivity contribution < 1.29 is 23.7 Å². The van der Waals surface area contributed by atoms with E-state index in [1.54, 1.807) is 6.08 Å². The first-order valence-electron chi connectivity index (χ1n) is 10.9. The Hall–Kier alpha value is -1.02. The van der Waals surface area contributed by atoms with Crippen molar-refractivity contribution in [2.75, 3.05) is 13.2 Å². The van der Waals surface area contributed by atoms with E-state index in [1.807, 2.05) is 50.3 Å². The number of aliphatic hydroxyl groups is 1. The maximum absolute atomic E-state index is 10.7. The molecule has 0 amide bonds. The van der Waals surface area contributed by atoms with Gasteiger partial charge in [0.1, 0.15) is 18.3 Å². The van der Waals surface area contributed by atoms with Gasteiger partial charge in [-0.15, -0.1) is 0 Å². The van der Waals surface area contributed by atoms with Gasteiger partial charge in [0.05, 0.1) is 19.8 Å². The largest absolute Gasteiger partial charge is 0.414 e. The maximum atomic E-state index is 10.7. The first kappa shape index (κ1) is 25.2. The molecule has 1 saturated heterocycles. The van der Waals surface area contributed by atoms with E-state index in [2.05, 4.69) is 33.9 Å². The van der Waals surface area contributed by atoms with E-state index in [-0.39, 0.29) is 11.1 Å². The van der Waals surface area contributed by atoms with Gasteiger partial charge in [0.25, 0.3) is 0 Å². The second-order valence-electron chi connectivity index (χ2n) is 9.96. The van der Waals surface area contributed by atoms with E-state index < -0.39 is 26.3 Å². The Morgan fingerprint density at radius 1 is 1.17 bits per heavy atom. The zero-order valence-corrected chi connectivity index (χ0v) is 20.7. The van der Waals surface area contributed by atoms with Crippen molar-refractivity contribution in [2.24, 2.45) is 0 Å². The van der Waals surface area contributed by atoms with Crippen molar-refractivity contribution in [3.63, 3.8) is 0 Å². The fourth-order valence-corrected chi connectivity index (χ4v) is 4.06. The molecule has 2 rings (SSSR count). The molecule has 0 saturated carbocycles. The molecule has 1 aromatic carbocycles. The van der Waals surface area contributed by atoms with Crippen LogP contribution in [-0.4, -0.2) is 50.7 Å². The monoisotopic (exact) mass is 436 g/mol. The molecule has 0 spiro atoms. The van der Waals surface area contributed by atoms with Crippen LogP contribution in [0.4, 0.5) is 0 Å². The number of benzene rings is 1. The van der Waals surface area contributed by atoms with Gasteiger partial charge >= 0.3 is 0 Å². The lowest BCUT2D eigenvalue weighted by Crippen LogP contribution is -2.45. The van der Waals surface area contributed by atoms with Crippen LogP contribution in [0.1, 0.15) is 46.6 Å². The van der Waals surface area contributed by atoms with Crippen molar-refractivity contribution in [2.45, 2.75) is 89.9 Å². The van der Waals surface area contributed by atoms with Gasteiger partial charge in [0.15, 0.2) is 14.1 Å². The average molecular weight is 437 g/mol. The molecule has 0 aliphatic carbocycles. The molecule has 170 valence electrons. The first-order valence-corrected chi connectivity index (χ1v) is 13.8. The minimum absolute atomic E-state index is 0.121. The molecule has 1 aromatic rings. The predicted octanol–water partition coefficient (Wildman–Crippen LogP) is 5.05. The van der Waals surface area contributed by atoms with Crippen LogP contribution in [-0.2, 0) is 25.2 Å². The van der Waals surface area contributed by atoms with Crippen LogP contribution in [0.25, 0.3) is 0 Å². The predicted molar refractivity (Wildman–Crippen MR) is 123 cm³/mol. The molecule has 5 nitrogen and oxygen atoms in total. The molecule has 30 heavy (non-hydrogen) atoms. The third-order valence-corrected chi connectivity index (χ3v) is 10.3. The number of aliphatic hydroxyl groups excluding tert-OH is 1. The fraction of sp³-hybridized carbons (Fsp3) is 0.667. The second kappa shape index (κ2) is 10.5. The summed E-state index contributed by atoms with van der Waals surface area (Å²) >= 11 is 0. The molecule has 3 atom stereocenters. The van der Waals surface area contributed by atoms with Gasteiger partial charge in [0.2, 0.25) is 0 Å². The minimum Gasteiger partial charge on any atom is -0.414 e. The van der Waals surface area contributed by atoms with Crippen LogP contribution in [0.5, 0.6) is 0 Å². The Kier molecular flexibility index (Phi) is 8.86. The van der Waals surface area contributed by atoms with E-state index in [1.165, 1.54) is 0 Å². The van der Waals surface area contributed by atoms with Crippen LogP contribution >= 0.6 is 0 Å². The Morgan fingerprint density at radius 2 is 1.83 bits per heavy atom. The highest BCUT2D eigenvalue weighted by Crippen LogP contribution is 2.38. The highest BCUT2D eigenvalue weighted by atomic mass is 28.4. The van der Waals surface area contributed by atoms with Crippen LogP contribution in [0.2, 0.25) is 18.1 Å². The topological polar surface area (TPSA) is 57.2 Å². The Morgan fingerprint density at radius 3 is 2.47 bits per heavy atom. The molecular formula is C24H40O5Si. The molecule has 1 aliphatic heterocycles. The molecule has 1 heterocycles. The van der Waals surface area contributed by atoms with Crippen LogP contribution in [0.15, 0.2) is 42.5 Å². The molecule has 0 bridgehead atoms. The number of rotatable bonds is 10. The lowest BCUT2D eigenvalue weighted by atomic mass is 10.1. The summed E-state index contributed by atoms with van der Waals surface area (Å²) in [6, 6.07) is 10.1. The summed E-state index contributed by atoms with van der Waals surface area (Å²) < 4.78 is 24.0. The molecule has 1 N–H and O–H groups in total. The molecule has 6 heteroatoms. The maximum Gasteiger partial charge on any atom is 0.192 e. The molecule has 0 aromatic heterocycles. The lowest BCUT2D eigenvalue weighted by molar-refractivity contribution is -0.154. The van der Waals surface area contributed by atoms with E-state index in [0.717, 1.165) is 12.0 Å². The van der Waals surface area contributed by atoms with Crippen molar-refractivity contribution in [3.8, 4) is 0 Å². The van der Waals surface area contributed by atoms with Crippen molar-refractivity contribution in [1.82, 2.24) is 0 Å². The van der Waals surface area contributed by atoms with Gasteiger partial charge in [-0.2, -0.15) is 0 Å². The van der Waals surface area contributed by atoms with E-state index in [9.17, 15) is 5.11 Å². The average Bonchev–Trinajstić information content (AvgIpc) is 2.97. The molecule has 0 radical (unpaired) electrons. The van der Waals surface area contributed by atoms with Crippen molar-refractivity contribution in [3.05, 3.63) is 48.0 Å².